The molecule has 1 fully saturated rings. The number of sulfonamides is 1. The number of likely N-dealkylation sites (tertiary alicyclic amines) is 1. The van der Waals surface area contributed by atoms with Gasteiger partial charge in [-0.15, -0.1) is 0 Å². The molecule has 3 rings (SSSR count). The number of rotatable bonds is 6. The minimum atomic E-state index is -3.68. The van der Waals surface area contributed by atoms with E-state index in [0.29, 0.717) is 32.5 Å². The Bertz CT molecular complexity index is 1050. The van der Waals surface area contributed by atoms with Crippen LogP contribution in [0.1, 0.15) is 28.8 Å². The van der Waals surface area contributed by atoms with Gasteiger partial charge in [0.25, 0.3) is 5.91 Å². The molecule has 0 radical (unpaired) electrons. The Kier molecular flexibility index (Phi) is 7.30. The van der Waals surface area contributed by atoms with Crippen LogP contribution in [0.2, 0.25) is 5.02 Å². The van der Waals surface area contributed by atoms with E-state index >= 15 is 0 Å². The topological polar surface area (TPSA) is 99.7 Å². The number of pyridine rings is 1. The molecule has 8 nitrogen and oxygen atoms in total. The molecule has 0 bridgehead atoms. The molecule has 0 unspecified atom stereocenters. The van der Waals surface area contributed by atoms with E-state index in [2.05, 4.69) is 10.3 Å². The summed E-state index contributed by atoms with van der Waals surface area (Å²) in [6.07, 6.45) is 4.43. The number of carbonyl (C=O) groups is 2. The molecule has 1 N–H and O–H groups in total. The number of benzene rings is 1. The van der Waals surface area contributed by atoms with Crippen molar-refractivity contribution < 1.29 is 18.0 Å². The zero-order chi connectivity index (χ0) is 22.6. The molecule has 0 atom stereocenters. The fourth-order valence-electron chi connectivity index (χ4n) is 3.39. The zero-order valence-corrected chi connectivity index (χ0v) is 19.0. The molecular weight excluding hydrogens is 440 g/mol. The number of amides is 2. The Labute approximate surface area is 187 Å². The summed E-state index contributed by atoms with van der Waals surface area (Å²) in [4.78, 5) is 31.1. The van der Waals surface area contributed by atoms with Gasteiger partial charge in [0.1, 0.15) is 0 Å². The predicted molar refractivity (Wildman–Crippen MR) is 117 cm³/mol. The van der Waals surface area contributed by atoms with Crippen LogP contribution in [0.5, 0.6) is 0 Å². The van der Waals surface area contributed by atoms with E-state index in [4.69, 9.17) is 11.6 Å². The number of halogens is 1. The highest BCUT2D eigenvalue weighted by Crippen LogP contribution is 2.26. The third kappa shape index (κ3) is 5.41. The smallest absolute Gasteiger partial charge is 0.255 e. The largest absolute Gasteiger partial charge is 0.352 e. The first-order chi connectivity index (χ1) is 14.7. The van der Waals surface area contributed by atoms with Crippen LogP contribution in [-0.2, 0) is 21.4 Å². The normalized spacial score (nSPS) is 15.2. The van der Waals surface area contributed by atoms with Gasteiger partial charge in [-0.05, 0) is 42.7 Å². The van der Waals surface area contributed by atoms with Crippen LogP contribution < -0.4 is 5.32 Å². The molecule has 1 aliphatic heterocycles. The van der Waals surface area contributed by atoms with Crippen LogP contribution in [0, 0.1) is 5.92 Å². The second kappa shape index (κ2) is 9.76. The van der Waals surface area contributed by atoms with Crippen LogP contribution in [0.15, 0.2) is 47.6 Å². The Hall–Kier alpha value is -2.49. The number of nitrogens with one attached hydrogen (secondary N) is 1. The lowest BCUT2D eigenvalue weighted by Crippen LogP contribution is -2.43. The molecule has 0 spiro atoms. The number of hydrogen-bond acceptors (Lipinski definition) is 5. The van der Waals surface area contributed by atoms with Crippen molar-refractivity contribution in [2.75, 3.05) is 27.2 Å². The van der Waals surface area contributed by atoms with Gasteiger partial charge in [-0.1, -0.05) is 17.7 Å². The lowest BCUT2D eigenvalue weighted by atomic mass is 9.95. The maximum absolute atomic E-state index is 13.0. The molecule has 1 aromatic carbocycles. The van der Waals surface area contributed by atoms with Gasteiger partial charge >= 0.3 is 0 Å². The van der Waals surface area contributed by atoms with Crippen molar-refractivity contribution in [2.45, 2.75) is 24.3 Å². The Morgan fingerprint density at radius 3 is 2.55 bits per heavy atom. The molecule has 166 valence electrons. The Morgan fingerprint density at radius 2 is 1.94 bits per heavy atom. The fourth-order valence-corrected chi connectivity index (χ4v) is 4.52. The standard InChI is InChI=1S/C21H25ClN4O4S/c1-25(2)31(29,30)17-5-6-19(22)18(12-17)21(28)26-10-7-16(8-11-26)20(27)24-14-15-4-3-9-23-13-15/h3-6,9,12-13,16H,7-8,10-11,14H2,1-2H3,(H,24,27). The maximum atomic E-state index is 13.0. The number of aromatic nitrogens is 1. The lowest BCUT2D eigenvalue weighted by molar-refractivity contribution is -0.126. The van der Waals surface area contributed by atoms with E-state index < -0.39 is 10.0 Å². The lowest BCUT2D eigenvalue weighted by Gasteiger charge is -2.31. The van der Waals surface area contributed by atoms with Gasteiger partial charge in [-0.25, -0.2) is 12.7 Å². The van der Waals surface area contributed by atoms with Crippen molar-refractivity contribution >= 4 is 33.4 Å². The highest BCUT2D eigenvalue weighted by atomic mass is 35.5. The quantitative estimate of drug-likeness (QED) is 0.706. The van der Waals surface area contributed by atoms with E-state index in [9.17, 15) is 18.0 Å². The van der Waals surface area contributed by atoms with Crippen molar-refractivity contribution in [1.29, 1.82) is 0 Å². The Balaban J connectivity index is 1.62. The van der Waals surface area contributed by atoms with E-state index in [0.717, 1.165) is 9.87 Å². The maximum Gasteiger partial charge on any atom is 0.255 e. The number of piperidine rings is 1. The predicted octanol–water partition coefficient (Wildman–Crippen LogP) is 2.15. The van der Waals surface area contributed by atoms with Gasteiger partial charge in [0, 0.05) is 52.0 Å². The molecule has 31 heavy (non-hydrogen) atoms. The summed E-state index contributed by atoms with van der Waals surface area (Å²) in [5.41, 5.74) is 1.06. The van der Waals surface area contributed by atoms with Crippen molar-refractivity contribution in [3.05, 3.63) is 58.9 Å². The van der Waals surface area contributed by atoms with E-state index in [1.54, 1.807) is 17.3 Å². The highest BCUT2D eigenvalue weighted by molar-refractivity contribution is 7.89. The molecular formula is C21H25ClN4O4S. The molecule has 10 heteroatoms. The summed E-state index contributed by atoms with van der Waals surface area (Å²) in [6, 6.07) is 7.82. The third-order valence-corrected chi connectivity index (χ3v) is 7.43. The van der Waals surface area contributed by atoms with Gasteiger partial charge in [-0.3, -0.25) is 14.6 Å². The van der Waals surface area contributed by atoms with Crippen molar-refractivity contribution in [2.24, 2.45) is 5.92 Å². The first-order valence-electron chi connectivity index (χ1n) is 9.88. The van der Waals surface area contributed by atoms with Crippen LogP contribution in [0.25, 0.3) is 0 Å². The van der Waals surface area contributed by atoms with Crippen LogP contribution >= 0.6 is 11.6 Å². The van der Waals surface area contributed by atoms with Crippen LogP contribution in [0.4, 0.5) is 0 Å². The summed E-state index contributed by atoms with van der Waals surface area (Å²) in [7, 11) is -0.831. The van der Waals surface area contributed by atoms with Crippen molar-refractivity contribution in [3.63, 3.8) is 0 Å². The summed E-state index contributed by atoms with van der Waals surface area (Å²) >= 11 is 6.19. The van der Waals surface area contributed by atoms with E-state index in [-0.39, 0.29) is 33.2 Å². The number of carbonyl (C=O) groups excluding carboxylic acids is 2. The van der Waals surface area contributed by atoms with Crippen LogP contribution in [0.3, 0.4) is 0 Å². The van der Waals surface area contributed by atoms with Gasteiger partial charge in [0.15, 0.2) is 0 Å². The minimum absolute atomic E-state index is 0.00918. The summed E-state index contributed by atoms with van der Waals surface area (Å²) in [6.45, 7) is 1.20. The zero-order valence-electron chi connectivity index (χ0n) is 17.4. The molecule has 1 aliphatic rings. The molecule has 2 aromatic rings. The molecule has 1 aromatic heterocycles. The van der Waals surface area contributed by atoms with E-state index in [1.165, 1.54) is 32.3 Å². The monoisotopic (exact) mass is 464 g/mol. The molecule has 0 saturated carbocycles. The average Bonchev–Trinajstić information content (AvgIpc) is 2.78. The first kappa shape index (κ1) is 23.2. The summed E-state index contributed by atoms with van der Waals surface area (Å²) < 4.78 is 25.9. The highest BCUT2D eigenvalue weighted by Gasteiger charge is 2.29. The van der Waals surface area contributed by atoms with Crippen molar-refractivity contribution in [1.82, 2.24) is 19.5 Å². The van der Waals surface area contributed by atoms with Gasteiger partial charge in [-0.2, -0.15) is 0 Å². The molecule has 2 heterocycles. The third-order valence-electron chi connectivity index (χ3n) is 5.29. The molecule has 1 saturated heterocycles. The fraction of sp³-hybridized carbons (Fsp3) is 0.381. The minimum Gasteiger partial charge on any atom is -0.352 e. The SMILES string of the molecule is CN(C)S(=O)(=O)c1ccc(Cl)c(C(=O)N2CCC(C(=O)NCc3cccnc3)CC2)c1. The number of nitrogens with zero attached hydrogens (tertiary/aromatic N) is 3. The second-order valence-electron chi connectivity index (χ2n) is 7.57. The van der Waals surface area contributed by atoms with Gasteiger partial charge in [0.05, 0.1) is 15.5 Å². The average molecular weight is 465 g/mol. The van der Waals surface area contributed by atoms with Gasteiger partial charge < -0.3 is 10.2 Å². The Morgan fingerprint density at radius 1 is 1.23 bits per heavy atom. The second-order valence-corrected chi connectivity index (χ2v) is 10.1. The number of hydrogen-bond donors (Lipinski definition) is 1. The summed E-state index contributed by atoms with van der Waals surface area (Å²) in [5, 5.41) is 3.11. The molecule has 2 amide bonds. The van der Waals surface area contributed by atoms with E-state index in [1.807, 2.05) is 12.1 Å². The molecule has 0 aliphatic carbocycles. The first-order valence-corrected chi connectivity index (χ1v) is 11.7. The van der Waals surface area contributed by atoms with Crippen molar-refractivity contribution in [3.8, 4) is 0 Å². The van der Waals surface area contributed by atoms with Gasteiger partial charge in [0.2, 0.25) is 15.9 Å². The summed E-state index contributed by atoms with van der Waals surface area (Å²) in [5.74, 6) is -0.570. The van der Waals surface area contributed by atoms with Crippen LogP contribution in [-0.4, -0.2) is 61.6 Å².